The number of ether oxygens (including phenoxy) is 1. The van der Waals surface area contributed by atoms with Crippen molar-refractivity contribution >= 4 is 17.7 Å². The zero-order valence-electron chi connectivity index (χ0n) is 10.2. The molecule has 0 aliphatic carbocycles. The van der Waals surface area contributed by atoms with Crippen molar-refractivity contribution in [2.45, 2.75) is 45.6 Å². The lowest BCUT2D eigenvalue weighted by Crippen LogP contribution is -2.27. The molecule has 0 aliphatic rings. The van der Waals surface area contributed by atoms with Gasteiger partial charge in [0.05, 0.1) is 12.8 Å². The number of aliphatic carboxylic acids is 1. The summed E-state index contributed by atoms with van der Waals surface area (Å²) in [5.41, 5.74) is 0.328. The van der Waals surface area contributed by atoms with Gasteiger partial charge in [-0.25, -0.2) is 0 Å². The first-order chi connectivity index (χ1) is 7.88. The molecule has 17 heavy (non-hydrogen) atoms. The molecule has 0 bridgehead atoms. The second-order valence-electron chi connectivity index (χ2n) is 3.81. The molecule has 0 aromatic heterocycles. The highest BCUT2D eigenvalue weighted by Crippen LogP contribution is 2.10. The molecular formula is C12H18O5. The predicted molar refractivity (Wildman–Crippen MR) is 61.5 cm³/mol. The molecule has 0 saturated heterocycles. The Balaban J connectivity index is 4.34. The van der Waals surface area contributed by atoms with E-state index in [0.29, 0.717) is 18.4 Å². The van der Waals surface area contributed by atoms with E-state index in [-0.39, 0.29) is 18.6 Å². The highest BCUT2D eigenvalue weighted by atomic mass is 16.5. The molecule has 96 valence electrons. The molecule has 0 saturated carbocycles. The lowest BCUT2D eigenvalue weighted by molar-refractivity contribution is -0.156. The van der Waals surface area contributed by atoms with Crippen LogP contribution in [0.4, 0.5) is 0 Å². The van der Waals surface area contributed by atoms with Gasteiger partial charge in [0.15, 0.2) is 11.9 Å². The average Bonchev–Trinajstić information content (AvgIpc) is 2.24. The topological polar surface area (TPSA) is 80.7 Å². The van der Waals surface area contributed by atoms with Crippen LogP contribution in [0.15, 0.2) is 12.2 Å². The van der Waals surface area contributed by atoms with Crippen LogP contribution in [0.5, 0.6) is 0 Å². The Morgan fingerprint density at radius 2 is 1.88 bits per heavy atom. The first kappa shape index (κ1) is 15.3. The van der Waals surface area contributed by atoms with Gasteiger partial charge in [0, 0.05) is 0 Å². The fraction of sp³-hybridized carbons (Fsp3) is 0.583. The lowest BCUT2D eigenvalue weighted by Gasteiger charge is -2.15. The maximum absolute atomic E-state index is 11.6. The first-order valence-corrected chi connectivity index (χ1v) is 5.49. The quantitative estimate of drug-likeness (QED) is 0.517. The molecule has 0 spiro atoms. The second kappa shape index (κ2) is 7.60. The minimum atomic E-state index is -1.07. The number of hydrogen-bond acceptors (Lipinski definition) is 4. The molecule has 0 heterocycles. The third-order valence-electron chi connectivity index (χ3n) is 2.08. The Kier molecular flexibility index (Phi) is 6.86. The molecule has 0 radical (unpaired) electrons. The van der Waals surface area contributed by atoms with Crippen LogP contribution in [0.25, 0.3) is 0 Å². The van der Waals surface area contributed by atoms with Gasteiger partial charge in [0.25, 0.3) is 0 Å². The Morgan fingerprint density at radius 1 is 1.29 bits per heavy atom. The van der Waals surface area contributed by atoms with Gasteiger partial charge in [0.2, 0.25) is 0 Å². The summed E-state index contributed by atoms with van der Waals surface area (Å²) in [6.07, 6.45) is -0.239. The van der Waals surface area contributed by atoms with Crippen LogP contribution < -0.4 is 0 Å². The summed E-state index contributed by atoms with van der Waals surface area (Å²) < 4.78 is 4.95. The summed E-state index contributed by atoms with van der Waals surface area (Å²) >= 11 is 0. The molecule has 0 amide bonds. The van der Waals surface area contributed by atoms with Crippen molar-refractivity contribution in [2.75, 3.05) is 0 Å². The van der Waals surface area contributed by atoms with Crippen LogP contribution in [-0.4, -0.2) is 28.9 Å². The maximum Gasteiger partial charge on any atom is 0.307 e. The zero-order valence-corrected chi connectivity index (χ0v) is 10.2. The van der Waals surface area contributed by atoms with E-state index in [1.54, 1.807) is 6.92 Å². The van der Waals surface area contributed by atoms with Crippen molar-refractivity contribution in [3.8, 4) is 0 Å². The molecule has 0 rings (SSSR count). The fourth-order valence-electron chi connectivity index (χ4n) is 1.21. The van der Waals surface area contributed by atoms with Crippen LogP contribution in [0.2, 0.25) is 0 Å². The Bertz CT molecular complexity index is 319. The summed E-state index contributed by atoms with van der Waals surface area (Å²) in [5, 5.41) is 8.41. The number of carboxylic acid groups (broad SMARTS) is 1. The molecule has 5 nitrogen and oxygen atoms in total. The Labute approximate surface area is 100 Å². The minimum Gasteiger partial charge on any atom is -0.481 e. The standard InChI is InChI=1S/C12H18O5/c1-4-5-9(12(16)8(2)3)17-11(15)7-6-10(13)14/h9H,2,4-7H2,1,3H3,(H,13,14). The molecule has 1 atom stereocenters. The van der Waals surface area contributed by atoms with Crippen molar-refractivity contribution in [1.82, 2.24) is 0 Å². The number of carbonyl (C=O) groups is 3. The number of rotatable bonds is 8. The van der Waals surface area contributed by atoms with Gasteiger partial charge in [-0.1, -0.05) is 19.9 Å². The van der Waals surface area contributed by atoms with E-state index >= 15 is 0 Å². The fourth-order valence-corrected chi connectivity index (χ4v) is 1.21. The van der Waals surface area contributed by atoms with Gasteiger partial charge in [-0.2, -0.15) is 0 Å². The number of carboxylic acids is 1. The van der Waals surface area contributed by atoms with Crippen LogP contribution >= 0.6 is 0 Å². The molecule has 1 unspecified atom stereocenters. The smallest absolute Gasteiger partial charge is 0.307 e. The van der Waals surface area contributed by atoms with Gasteiger partial charge in [-0.3, -0.25) is 14.4 Å². The summed E-state index contributed by atoms with van der Waals surface area (Å²) in [6, 6.07) is 0. The van der Waals surface area contributed by atoms with Crippen molar-refractivity contribution in [3.63, 3.8) is 0 Å². The first-order valence-electron chi connectivity index (χ1n) is 5.49. The van der Waals surface area contributed by atoms with E-state index in [9.17, 15) is 14.4 Å². The Hall–Kier alpha value is -1.65. The van der Waals surface area contributed by atoms with Gasteiger partial charge < -0.3 is 9.84 Å². The number of hydrogen-bond donors (Lipinski definition) is 1. The van der Waals surface area contributed by atoms with Crippen LogP contribution in [0.3, 0.4) is 0 Å². The van der Waals surface area contributed by atoms with Crippen molar-refractivity contribution in [3.05, 3.63) is 12.2 Å². The summed E-state index contributed by atoms with van der Waals surface area (Å²) in [7, 11) is 0. The van der Waals surface area contributed by atoms with Gasteiger partial charge >= 0.3 is 11.9 Å². The Morgan fingerprint density at radius 3 is 2.29 bits per heavy atom. The van der Waals surface area contributed by atoms with Gasteiger partial charge in [0.1, 0.15) is 0 Å². The maximum atomic E-state index is 11.6. The van der Waals surface area contributed by atoms with E-state index in [0.717, 1.165) is 0 Å². The zero-order chi connectivity index (χ0) is 13.4. The number of ketones is 1. The highest BCUT2D eigenvalue weighted by Gasteiger charge is 2.22. The van der Waals surface area contributed by atoms with Crippen molar-refractivity contribution < 1.29 is 24.2 Å². The molecule has 1 N–H and O–H groups in total. The van der Waals surface area contributed by atoms with E-state index in [4.69, 9.17) is 9.84 Å². The number of carbonyl (C=O) groups excluding carboxylic acids is 2. The minimum absolute atomic E-state index is 0.223. The van der Waals surface area contributed by atoms with Gasteiger partial charge in [-0.05, 0) is 18.9 Å². The van der Waals surface area contributed by atoms with Crippen LogP contribution in [-0.2, 0) is 19.1 Å². The summed E-state index contributed by atoms with van der Waals surface area (Å²) in [5.74, 6) is -2.05. The van der Waals surface area contributed by atoms with E-state index in [1.165, 1.54) is 0 Å². The lowest BCUT2D eigenvalue weighted by atomic mass is 10.1. The number of Topliss-reactive ketones (excluding diaryl/α,β-unsaturated/α-hetero) is 1. The second-order valence-corrected chi connectivity index (χ2v) is 3.81. The predicted octanol–water partition coefficient (Wildman–Crippen LogP) is 1.71. The van der Waals surface area contributed by atoms with Crippen LogP contribution in [0.1, 0.15) is 39.5 Å². The average molecular weight is 242 g/mol. The number of esters is 1. The molecule has 0 aromatic carbocycles. The molecular weight excluding hydrogens is 224 g/mol. The molecule has 5 heteroatoms. The van der Waals surface area contributed by atoms with Gasteiger partial charge in [-0.15, -0.1) is 0 Å². The SMILES string of the molecule is C=C(C)C(=O)C(CCC)OC(=O)CCC(=O)O. The molecule has 0 aromatic rings. The van der Waals surface area contributed by atoms with Crippen molar-refractivity contribution in [2.24, 2.45) is 0 Å². The van der Waals surface area contributed by atoms with Crippen molar-refractivity contribution in [1.29, 1.82) is 0 Å². The third-order valence-corrected chi connectivity index (χ3v) is 2.08. The van der Waals surface area contributed by atoms with E-state index in [1.807, 2.05) is 6.92 Å². The van der Waals surface area contributed by atoms with E-state index < -0.39 is 18.0 Å². The monoisotopic (exact) mass is 242 g/mol. The third kappa shape index (κ3) is 6.50. The summed E-state index contributed by atoms with van der Waals surface area (Å²) in [6.45, 7) is 6.92. The van der Waals surface area contributed by atoms with Crippen LogP contribution in [0, 0.1) is 0 Å². The highest BCUT2D eigenvalue weighted by molar-refractivity contribution is 5.98. The normalized spacial score (nSPS) is 11.6. The largest absolute Gasteiger partial charge is 0.481 e. The molecule has 0 aliphatic heterocycles. The summed E-state index contributed by atoms with van der Waals surface area (Å²) in [4.78, 5) is 33.2. The van der Waals surface area contributed by atoms with E-state index in [2.05, 4.69) is 6.58 Å². The molecule has 0 fully saturated rings.